The molecule has 1 aromatic rings. The molecular formula is C12H16O6. The third-order valence-electron chi connectivity index (χ3n) is 2.81. The Hall–Kier alpha value is -1.34. The summed E-state index contributed by atoms with van der Waals surface area (Å²) in [6.07, 6.45) is -4.17. The molecule has 0 aliphatic carbocycles. The Labute approximate surface area is 104 Å². The predicted molar refractivity (Wildman–Crippen MR) is 61.4 cm³/mol. The minimum atomic E-state index is -1.19. The van der Waals surface area contributed by atoms with Crippen LogP contribution >= 0.6 is 0 Å². The normalized spacial score (nSPS) is 31.3. The molecule has 18 heavy (non-hydrogen) atoms. The lowest BCUT2D eigenvalue weighted by atomic mass is 10.1. The monoisotopic (exact) mass is 256 g/mol. The summed E-state index contributed by atoms with van der Waals surface area (Å²) in [5.41, 5.74) is 0. The van der Waals surface area contributed by atoms with Crippen LogP contribution in [0.25, 0.3) is 0 Å². The summed E-state index contributed by atoms with van der Waals surface area (Å²) in [7, 11) is 1.56. The van der Waals surface area contributed by atoms with Gasteiger partial charge in [0.1, 0.15) is 29.8 Å². The van der Waals surface area contributed by atoms with Crippen LogP contribution in [0.2, 0.25) is 0 Å². The lowest BCUT2D eigenvalue weighted by molar-refractivity contribution is -0.116. The zero-order valence-corrected chi connectivity index (χ0v) is 9.89. The summed E-state index contributed by atoms with van der Waals surface area (Å²) in [6.45, 7) is -0.374. The summed E-state index contributed by atoms with van der Waals surface area (Å²) >= 11 is 0. The molecule has 1 fully saturated rings. The summed E-state index contributed by atoms with van der Waals surface area (Å²) in [5.74, 6) is 1.16. The van der Waals surface area contributed by atoms with Crippen LogP contribution in [-0.4, -0.2) is 53.6 Å². The van der Waals surface area contributed by atoms with Gasteiger partial charge in [-0.15, -0.1) is 0 Å². The second kappa shape index (κ2) is 5.53. The lowest BCUT2D eigenvalue weighted by Gasteiger charge is -2.16. The van der Waals surface area contributed by atoms with E-state index in [2.05, 4.69) is 0 Å². The Morgan fingerprint density at radius 2 is 1.72 bits per heavy atom. The maximum absolute atomic E-state index is 9.69. The van der Waals surface area contributed by atoms with Crippen LogP contribution in [0.5, 0.6) is 11.5 Å². The van der Waals surface area contributed by atoms with Gasteiger partial charge in [-0.25, -0.2) is 0 Å². The lowest BCUT2D eigenvalue weighted by Crippen LogP contribution is -2.35. The minimum Gasteiger partial charge on any atom is -0.497 e. The molecule has 6 nitrogen and oxygen atoms in total. The quantitative estimate of drug-likeness (QED) is 0.674. The van der Waals surface area contributed by atoms with Gasteiger partial charge in [-0.05, 0) is 24.3 Å². The average molecular weight is 256 g/mol. The molecule has 0 saturated carbocycles. The molecule has 1 saturated heterocycles. The molecule has 0 radical (unpaired) electrons. The van der Waals surface area contributed by atoms with Gasteiger partial charge in [-0.3, -0.25) is 0 Å². The van der Waals surface area contributed by atoms with Crippen molar-refractivity contribution >= 4 is 0 Å². The SMILES string of the molecule is COc1ccc(OC2O[C@H](CO)[C@@H](O)[C@H]2O)cc1. The van der Waals surface area contributed by atoms with E-state index in [0.29, 0.717) is 11.5 Å². The van der Waals surface area contributed by atoms with Crippen LogP contribution in [0.4, 0.5) is 0 Å². The van der Waals surface area contributed by atoms with E-state index < -0.39 is 24.6 Å². The third-order valence-corrected chi connectivity index (χ3v) is 2.81. The van der Waals surface area contributed by atoms with Crippen LogP contribution in [0.1, 0.15) is 0 Å². The minimum absolute atomic E-state index is 0.374. The largest absolute Gasteiger partial charge is 0.497 e. The van der Waals surface area contributed by atoms with E-state index in [-0.39, 0.29) is 6.61 Å². The molecule has 2 rings (SSSR count). The van der Waals surface area contributed by atoms with Gasteiger partial charge in [0, 0.05) is 0 Å². The molecule has 4 atom stereocenters. The maximum Gasteiger partial charge on any atom is 0.229 e. The van der Waals surface area contributed by atoms with Gasteiger partial charge in [0.05, 0.1) is 13.7 Å². The molecule has 1 aromatic carbocycles. The molecule has 0 amide bonds. The van der Waals surface area contributed by atoms with E-state index in [0.717, 1.165) is 0 Å². The zero-order chi connectivity index (χ0) is 13.1. The van der Waals surface area contributed by atoms with Crippen molar-refractivity contribution in [1.82, 2.24) is 0 Å². The fraction of sp³-hybridized carbons (Fsp3) is 0.500. The number of hydrogen-bond acceptors (Lipinski definition) is 6. The first-order chi connectivity index (χ1) is 8.65. The Kier molecular flexibility index (Phi) is 4.03. The first-order valence-electron chi connectivity index (χ1n) is 5.59. The zero-order valence-electron chi connectivity index (χ0n) is 9.89. The molecule has 1 heterocycles. The number of benzene rings is 1. The van der Waals surface area contributed by atoms with Crippen molar-refractivity contribution in [2.75, 3.05) is 13.7 Å². The predicted octanol–water partition coefficient (Wildman–Crippen LogP) is -0.487. The molecule has 1 aliphatic heterocycles. The molecule has 1 aliphatic rings. The van der Waals surface area contributed by atoms with Gasteiger partial charge in [0.25, 0.3) is 0 Å². The van der Waals surface area contributed by atoms with E-state index in [4.69, 9.17) is 19.3 Å². The highest BCUT2D eigenvalue weighted by Gasteiger charge is 2.43. The first-order valence-corrected chi connectivity index (χ1v) is 5.59. The van der Waals surface area contributed by atoms with Gasteiger partial charge < -0.3 is 29.5 Å². The van der Waals surface area contributed by atoms with Crippen molar-refractivity contribution < 1.29 is 29.5 Å². The Balaban J connectivity index is 2.00. The van der Waals surface area contributed by atoms with E-state index in [1.54, 1.807) is 31.4 Å². The third kappa shape index (κ3) is 2.56. The van der Waals surface area contributed by atoms with Crippen molar-refractivity contribution in [3.8, 4) is 11.5 Å². The van der Waals surface area contributed by atoms with Gasteiger partial charge in [-0.1, -0.05) is 0 Å². The Morgan fingerprint density at radius 1 is 1.11 bits per heavy atom. The number of aliphatic hydroxyl groups is 3. The first kappa shape index (κ1) is 13.1. The van der Waals surface area contributed by atoms with E-state index in [1.165, 1.54) is 0 Å². The number of rotatable bonds is 4. The molecule has 6 heteroatoms. The number of methoxy groups -OCH3 is 1. The highest BCUT2D eigenvalue weighted by molar-refractivity contribution is 5.31. The molecule has 0 spiro atoms. The van der Waals surface area contributed by atoms with E-state index >= 15 is 0 Å². The summed E-state index contributed by atoms with van der Waals surface area (Å²) in [5, 5.41) is 28.2. The summed E-state index contributed by atoms with van der Waals surface area (Å²) < 4.78 is 15.6. The van der Waals surface area contributed by atoms with Crippen molar-refractivity contribution in [1.29, 1.82) is 0 Å². The number of ether oxygens (including phenoxy) is 3. The molecule has 100 valence electrons. The van der Waals surface area contributed by atoms with Crippen LogP contribution in [0, 0.1) is 0 Å². The smallest absolute Gasteiger partial charge is 0.229 e. The van der Waals surface area contributed by atoms with Crippen LogP contribution in [0.15, 0.2) is 24.3 Å². The molecular weight excluding hydrogens is 240 g/mol. The van der Waals surface area contributed by atoms with Crippen molar-refractivity contribution in [2.45, 2.75) is 24.6 Å². The fourth-order valence-electron chi connectivity index (χ4n) is 1.75. The van der Waals surface area contributed by atoms with Gasteiger partial charge >= 0.3 is 0 Å². The van der Waals surface area contributed by atoms with E-state index in [1.807, 2.05) is 0 Å². The topological polar surface area (TPSA) is 88.4 Å². The van der Waals surface area contributed by atoms with Gasteiger partial charge in [-0.2, -0.15) is 0 Å². The highest BCUT2D eigenvalue weighted by Crippen LogP contribution is 2.25. The average Bonchev–Trinajstić information content (AvgIpc) is 2.67. The Morgan fingerprint density at radius 3 is 2.22 bits per heavy atom. The van der Waals surface area contributed by atoms with Crippen molar-refractivity contribution in [3.05, 3.63) is 24.3 Å². The van der Waals surface area contributed by atoms with Crippen molar-refractivity contribution in [3.63, 3.8) is 0 Å². The fourth-order valence-corrected chi connectivity index (χ4v) is 1.75. The number of aliphatic hydroxyl groups excluding tert-OH is 3. The van der Waals surface area contributed by atoms with Gasteiger partial charge in [0.15, 0.2) is 0 Å². The summed E-state index contributed by atoms with van der Waals surface area (Å²) in [4.78, 5) is 0. The summed E-state index contributed by atoms with van der Waals surface area (Å²) in [6, 6.07) is 6.73. The molecule has 1 unspecified atom stereocenters. The van der Waals surface area contributed by atoms with Crippen molar-refractivity contribution in [2.24, 2.45) is 0 Å². The second-order valence-corrected chi connectivity index (χ2v) is 4.00. The Bertz CT molecular complexity index is 379. The van der Waals surface area contributed by atoms with Crippen LogP contribution in [-0.2, 0) is 4.74 Å². The molecule has 0 bridgehead atoms. The van der Waals surface area contributed by atoms with E-state index in [9.17, 15) is 10.2 Å². The standard InChI is InChI=1S/C12H16O6/c1-16-7-2-4-8(5-3-7)17-12-11(15)10(14)9(6-13)18-12/h2-5,9-15H,6H2,1H3/t9-,10-,11-,12?/m1/s1. The number of hydrogen-bond donors (Lipinski definition) is 3. The molecule has 3 N–H and O–H groups in total. The maximum atomic E-state index is 9.69. The van der Waals surface area contributed by atoms with Crippen LogP contribution < -0.4 is 9.47 Å². The second-order valence-electron chi connectivity index (χ2n) is 4.00. The van der Waals surface area contributed by atoms with Gasteiger partial charge in [0.2, 0.25) is 6.29 Å². The molecule has 0 aromatic heterocycles. The highest BCUT2D eigenvalue weighted by atomic mass is 16.7. The van der Waals surface area contributed by atoms with Crippen LogP contribution in [0.3, 0.4) is 0 Å².